The van der Waals surface area contributed by atoms with E-state index in [0.29, 0.717) is 51.1 Å². The second-order valence-electron chi connectivity index (χ2n) is 16.9. The van der Waals surface area contributed by atoms with E-state index in [2.05, 4.69) is 42.5 Å². The number of methoxy groups -OCH3 is 1. The van der Waals surface area contributed by atoms with E-state index in [1.165, 1.54) is 5.19 Å². The Bertz CT molecular complexity index is 2400. The standard InChI is InChI=1S/C46H50N6O6Si/c1-30-44(59(3,4)36-16-14-35(57-2)15-17-36)41(19-22-49-28-39(47-48-49)37(29-53)32-10-6-5-7-11-32)58-46(30)38-26-34(51-24-21-43(51)55)13-18-40(38)52(45(46)56)27-31-9-8-12-33(25-31)50-23-20-42(50)54/h5-18,25-26,28,30,37,41,44,53H,19-24,27,29H2,1-4H3/t30-,37?,41+,44-,46+/m1/s1. The number of hydrogen-bond donors (Lipinski definition) is 1. The van der Waals surface area contributed by atoms with Gasteiger partial charge in [0.2, 0.25) is 11.8 Å². The molecule has 304 valence electrons. The van der Waals surface area contributed by atoms with Crippen LogP contribution in [0.3, 0.4) is 0 Å². The fourth-order valence-corrected chi connectivity index (χ4v) is 14.0. The van der Waals surface area contributed by atoms with Gasteiger partial charge in [0.15, 0.2) is 5.60 Å². The van der Waals surface area contributed by atoms with Crippen molar-refractivity contribution in [3.8, 4) is 5.75 Å². The van der Waals surface area contributed by atoms with E-state index in [9.17, 15) is 14.7 Å². The van der Waals surface area contributed by atoms with Gasteiger partial charge in [-0.05, 0) is 65.6 Å². The maximum absolute atomic E-state index is 15.5. The number of aromatic nitrogens is 3. The summed E-state index contributed by atoms with van der Waals surface area (Å²) in [5.41, 5.74) is 4.37. The van der Waals surface area contributed by atoms with Gasteiger partial charge >= 0.3 is 0 Å². The SMILES string of the molecule is COc1ccc([Si](C)(C)[C@H]2[C@H](CCn3cc(C(CO)c4ccccc4)nn3)O[C@@]3(C(=O)N(Cc4cccc(N5CCC5=O)c4)c4ccc(N5CCC5=O)cc43)[C@@H]2C)cc1. The van der Waals surface area contributed by atoms with Crippen LogP contribution in [0, 0.1) is 5.92 Å². The van der Waals surface area contributed by atoms with Gasteiger partial charge in [-0.1, -0.05) is 85.0 Å². The molecule has 9 rings (SSSR count). The number of carbonyl (C=O) groups is 3. The first-order chi connectivity index (χ1) is 28.5. The van der Waals surface area contributed by atoms with E-state index in [1.54, 1.807) is 16.9 Å². The normalized spacial score (nSPS) is 23.1. The van der Waals surface area contributed by atoms with Crippen molar-refractivity contribution in [1.29, 1.82) is 0 Å². The molecule has 1 N–H and O–H groups in total. The molecule has 3 saturated heterocycles. The molecule has 13 heteroatoms. The molecule has 0 bridgehead atoms. The molecule has 0 radical (unpaired) electrons. The largest absolute Gasteiger partial charge is 0.497 e. The molecule has 4 aromatic carbocycles. The molecule has 0 saturated carbocycles. The maximum atomic E-state index is 15.5. The number of ether oxygens (including phenoxy) is 2. The van der Waals surface area contributed by atoms with E-state index >= 15 is 4.79 Å². The van der Waals surface area contributed by atoms with Gasteiger partial charge in [-0.25, -0.2) is 0 Å². The number of aliphatic hydroxyl groups is 1. The zero-order valence-electron chi connectivity index (χ0n) is 34.0. The van der Waals surface area contributed by atoms with E-state index in [1.807, 2.05) is 101 Å². The minimum absolute atomic E-state index is 0.0137. The van der Waals surface area contributed by atoms with Crippen molar-refractivity contribution in [2.75, 3.05) is 41.5 Å². The smallest absolute Gasteiger partial charge is 0.264 e. The number of benzene rings is 4. The van der Waals surface area contributed by atoms with Crippen LogP contribution in [0.1, 0.15) is 54.5 Å². The number of nitrogens with zero attached hydrogens (tertiary/aromatic N) is 6. The number of anilines is 3. The number of carbonyl (C=O) groups excluding carboxylic acids is 3. The van der Waals surface area contributed by atoms with E-state index in [4.69, 9.17) is 9.47 Å². The van der Waals surface area contributed by atoms with Gasteiger partial charge in [-0.2, -0.15) is 0 Å². The minimum Gasteiger partial charge on any atom is -0.497 e. The average Bonchev–Trinajstić information content (AvgIpc) is 3.90. The number of amides is 3. The Morgan fingerprint density at radius 3 is 2.25 bits per heavy atom. The lowest BCUT2D eigenvalue weighted by atomic mass is 9.82. The number of fused-ring (bicyclic) bond motifs is 2. The zero-order valence-corrected chi connectivity index (χ0v) is 35.0. The van der Waals surface area contributed by atoms with Crippen LogP contribution in [0.2, 0.25) is 18.6 Å². The molecule has 1 unspecified atom stereocenters. The Hall–Kier alpha value is -5.63. The van der Waals surface area contributed by atoms with Crippen LogP contribution >= 0.6 is 0 Å². The first kappa shape index (κ1) is 38.9. The first-order valence-corrected chi connectivity index (χ1v) is 23.7. The third-order valence-electron chi connectivity index (χ3n) is 13.3. The molecule has 3 fully saturated rings. The molecule has 59 heavy (non-hydrogen) atoms. The van der Waals surface area contributed by atoms with E-state index in [-0.39, 0.29) is 47.8 Å². The fraction of sp³-hybridized carbons (Fsp3) is 0.370. The summed E-state index contributed by atoms with van der Waals surface area (Å²) < 4.78 is 14.8. The average molecular weight is 811 g/mol. The molecule has 12 nitrogen and oxygen atoms in total. The maximum Gasteiger partial charge on any atom is 0.264 e. The van der Waals surface area contributed by atoms with E-state index < -0.39 is 13.7 Å². The summed E-state index contributed by atoms with van der Waals surface area (Å²) in [5.74, 6) is 0.265. The summed E-state index contributed by atoms with van der Waals surface area (Å²) in [7, 11) is -0.781. The van der Waals surface area contributed by atoms with Gasteiger partial charge in [-0.15, -0.1) is 5.10 Å². The molecule has 0 aliphatic carbocycles. The summed E-state index contributed by atoms with van der Waals surface area (Å²) >= 11 is 0. The lowest BCUT2D eigenvalue weighted by Gasteiger charge is -2.37. The van der Waals surface area contributed by atoms with Crippen LogP contribution in [0.5, 0.6) is 5.75 Å². The molecule has 3 amide bonds. The lowest BCUT2D eigenvalue weighted by Crippen LogP contribution is -2.51. The summed E-state index contributed by atoms with van der Waals surface area (Å²) in [4.78, 5) is 46.1. The van der Waals surface area contributed by atoms with Gasteiger partial charge in [0.05, 0.1) is 51.7 Å². The van der Waals surface area contributed by atoms with Crippen molar-refractivity contribution in [2.45, 2.75) is 75.5 Å². The molecule has 1 aromatic heterocycles. The highest BCUT2D eigenvalue weighted by molar-refractivity contribution is 6.91. The van der Waals surface area contributed by atoms with Crippen LogP contribution in [0.15, 0.2) is 103 Å². The molecule has 5 heterocycles. The summed E-state index contributed by atoms with van der Waals surface area (Å²) in [6, 6.07) is 31.9. The van der Waals surface area contributed by atoms with Crippen molar-refractivity contribution in [2.24, 2.45) is 5.92 Å². The molecular formula is C46H50N6O6Si. The van der Waals surface area contributed by atoms with E-state index in [0.717, 1.165) is 39.5 Å². The number of hydrogen-bond acceptors (Lipinski definition) is 8. The van der Waals surface area contributed by atoms with Gasteiger partial charge < -0.3 is 29.3 Å². The Balaban J connectivity index is 1.10. The quantitative estimate of drug-likeness (QED) is 0.118. The number of β-lactam (4-membered cyclic amide) rings is 2. The number of aliphatic hydroxyl groups excluding tert-OH is 1. The van der Waals surface area contributed by atoms with Gasteiger partial charge in [0, 0.05) is 61.5 Å². The molecular weight excluding hydrogens is 761 g/mol. The highest BCUT2D eigenvalue weighted by Gasteiger charge is 2.66. The zero-order chi connectivity index (χ0) is 41.1. The Kier molecular flexibility index (Phi) is 10.0. The van der Waals surface area contributed by atoms with Gasteiger partial charge in [0.1, 0.15) is 5.75 Å². The van der Waals surface area contributed by atoms with Crippen LogP contribution < -0.4 is 24.6 Å². The molecule has 4 aliphatic rings. The molecule has 1 spiro atoms. The summed E-state index contributed by atoms with van der Waals surface area (Å²) in [6.07, 6.45) is 3.17. The fourth-order valence-electron chi connectivity index (χ4n) is 9.97. The Morgan fingerprint density at radius 1 is 0.898 bits per heavy atom. The van der Waals surface area contributed by atoms with Crippen LogP contribution in [-0.2, 0) is 37.8 Å². The Labute approximate surface area is 345 Å². The van der Waals surface area contributed by atoms with Crippen molar-refractivity contribution in [3.05, 3.63) is 126 Å². The van der Waals surface area contributed by atoms with Crippen molar-refractivity contribution in [3.63, 3.8) is 0 Å². The van der Waals surface area contributed by atoms with Crippen LogP contribution in [-0.4, -0.2) is 78.8 Å². The second-order valence-corrected chi connectivity index (χ2v) is 21.5. The topological polar surface area (TPSA) is 130 Å². The Morgan fingerprint density at radius 2 is 1.61 bits per heavy atom. The first-order valence-electron chi connectivity index (χ1n) is 20.6. The van der Waals surface area contributed by atoms with Crippen LogP contribution in [0.25, 0.3) is 0 Å². The van der Waals surface area contributed by atoms with Crippen LogP contribution in [0.4, 0.5) is 17.1 Å². The third-order valence-corrected chi connectivity index (χ3v) is 17.7. The molecule has 5 aromatic rings. The molecule has 4 aliphatic heterocycles. The third kappa shape index (κ3) is 6.55. The lowest BCUT2D eigenvalue weighted by molar-refractivity contribution is -0.146. The number of aryl methyl sites for hydroxylation is 1. The van der Waals surface area contributed by atoms with Crippen molar-refractivity contribution in [1.82, 2.24) is 15.0 Å². The van der Waals surface area contributed by atoms with Gasteiger partial charge in [-0.3, -0.25) is 19.1 Å². The summed E-state index contributed by atoms with van der Waals surface area (Å²) in [5, 5.41) is 20.6. The van der Waals surface area contributed by atoms with Gasteiger partial charge in [0.25, 0.3) is 5.91 Å². The highest BCUT2D eigenvalue weighted by atomic mass is 28.3. The van der Waals surface area contributed by atoms with Crippen molar-refractivity contribution >= 4 is 48.0 Å². The second kappa shape index (κ2) is 15.2. The summed E-state index contributed by atoms with van der Waals surface area (Å²) in [6.45, 7) is 8.90. The highest BCUT2D eigenvalue weighted by Crippen LogP contribution is 2.60. The molecule has 5 atom stereocenters. The number of rotatable bonds is 13. The minimum atomic E-state index is -2.45. The monoisotopic (exact) mass is 810 g/mol. The van der Waals surface area contributed by atoms with Crippen molar-refractivity contribution < 1.29 is 29.0 Å². The predicted molar refractivity (Wildman–Crippen MR) is 228 cm³/mol. The predicted octanol–water partition coefficient (Wildman–Crippen LogP) is 5.74.